The van der Waals surface area contributed by atoms with Crippen molar-refractivity contribution in [2.75, 3.05) is 10.6 Å². The van der Waals surface area contributed by atoms with Gasteiger partial charge in [-0.2, -0.15) is 0 Å². The van der Waals surface area contributed by atoms with Crippen molar-refractivity contribution in [3.8, 4) is 0 Å². The van der Waals surface area contributed by atoms with Gasteiger partial charge >= 0.3 is 5.97 Å². The molecule has 0 heterocycles. The fourth-order valence-electron chi connectivity index (χ4n) is 2.88. The van der Waals surface area contributed by atoms with Crippen molar-refractivity contribution in [2.45, 2.75) is 23.0 Å². The van der Waals surface area contributed by atoms with Crippen LogP contribution in [0.25, 0.3) is 0 Å². The van der Waals surface area contributed by atoms with Crippen molar-refractivity contribution in [2.24, 2.45) is 0 Å². The van der Waals surface area contributed by atoms with Gasteiger partial charge < -0.3 is 15.7 Å². The summed E-state index contributed by atoms with van der Waals surface area (Å²) in [4.78, 5) is 36.4. The molecule has 0 spiro atoms. The van der Waals surface area contributed by atoms with Gasteiger partial charge in [0.25, 0.3) is 0 Å². The molecule has 0 aliphatic rings. The van der Waals surface area contributed by atoms with Crippen LogP contribution in [0, 0.1) is 0 Å². The van der Waals surface area contributed by atoms with E-state index in [9.17, 15) is 14.4 Å². The van der Waals surface area contributed by atoms with Crippen molar-refractivity contribution in [3.05, 3.63) is 88.4 Å². The Morgan fingerprint density at radius 2 is 1.48 bits per heavy atom. The Bertz CT molecular complexity index is 1140. The lowest BCUT2D eigenvalue weighted by Gasteiger charge is -2.17. The van der Waals surface area contributed by atoms with E-state index in [0.29, 0.717) is 21.4 Å². The van der Waals surface area contributed by atoms with E-state index in [1.54, 1.807) is 42.5 Å². The first-order valence-electron chi connectivity index (χ1n) is 9.91. The van der Waals surface area contributed by atoms with E-state index in [0.717, 1.165) is 10.5 Å². The number of thioether (sulfide) groups is 1. The van der Waals surface area contributed by atoms with Gasteiger partial charge in [0.15, 0.2) is 0 Å². The van der Waals surface area contributed by atoms with Gasteiger partial charge in [0, 0.05) is 22.7 Å². The second-order valence-corrected chi connectivity index (χ2v) is 8.99. The SMILES string of the molecule is O=C(O)CCC(=O)Nc1ccc(SC(C(=O)Nc2ccc(Cl)c(Cl)c2)c2ccccc2)cc1. The van der Waals surface area contributed by atoms with Gasteiger partial charge in [-0.25, -0.2) is 0 Å². The van der Waals surface area contributed by atoms with E-state index in [1.165, 1.54) is 11.8 Å². The summed E-state index contributed by atoms with van der Waals surface area (Å²) in [6, 6.07) is 21.3. The van der Waals surface area contributed by atoms with Crippen molar-refractivity contribution in [3.63, 3.8) is 0 Å². The van der Waals surface area contributed by atoms with Crippen molar-refractivity contribution in [1.29, 1.82) is 0 Å². The van der Waals surface area contributed by atoms with Crippen LogP contribution >= 0.6 is 35.0 Å². The van der Waals surface area contributed by atoms with Crippen LogP contribution in [0.1, 0.15) is 23.7 Å². The molecule has 0 aliphatic carbocycles. The topological polar surface area (TPSA) is 95.5 Å². The van der Waals surface area contributed by atoms with E-state index in [-0.39, 0.29) is 24.7 Å². The van der Waals surface area contributed by atoms with Gasteiger partial charge in [-0.15, -0.1) is 11.8 Å². The summed E-state index contributed by atoms with van der Waals surface area (Å²) in [7, 11) is 0. The molecule has 33 heavy (non-hydrogen) atoms. The molecule has 3 aromatic carbocycles. The van der Waals surface area contributed by atoms with Crippen LogP contribution in [-0.4, -0.2) is 22.9 Å². The number of anilines is 2. The Hall–Kier alpha value is -3.00. The Labute approximate surface area is 205 Å². The Balaban J connectivity index is 1.72. The third kappa shape index (κ3) is 7.53. The monoisotopic (exact) mass is 502 g/mol. The summed E-state index contributed by atoms with van der Waals surface area (Å²) < 4.78 is 0. The number of nitrogens with one attached hydrogen (secondary N) is 2. The second kappa shape index (κ2) is 11.7. The third-order valence-corrected chi connectivity index (χ3v) is 6.49. The highest BCUT2D eigenvalue weighted by Gasteiger charge is 2.22. The smallest absolute Gasteiger partial charge is 0.303 e. The highest BCUT2D eigenvalue weighted by Crippen LogP contribution is 2.37. The minimum atomic E-state index is -1.03. The zero-order chi connectivity index (χ0) is 23.8. The first-order valence-corrected chi connectivity index (χ1v) is 11.5. The number of halogens is 2. The van der Waals surface area contributed by atoms with Crippen molar-refractivity contribution >= 4 is 64.1 Å². The number of carboxylic acids is 1. The van der Waals surface area contributed by atoms with Gasteiger partial charge in [-0.1, -0.05) is 53.5 Å². The van der Waals surface area contributed by atoms with Crippen LogP contribution in [-0.2, 0) is 14.4 Å². The largest absolute Gasteiger partial charge is 0.481 e. The molecule has 0 fully saturated rings. The molecule has 3 aromatic rings. The van der Waals surface area contributed by atoms with E-state index in [2.05, 4.69) is 10.6 Å². The lowest BCUT2D eigenvalue weighted by Crippen LogP contribution is -2.19. The normalized spacial score (nSPS) is 11.5. The van der Waals surface area contributed by atoms with Crippen LogP contribution in [0.5, 0.6) is 0 Å². The van der Waals surface area contributed by atoms with E-state index in [4.69, 9.17) is 28.3 Å². The summed E-state index contributed by atoms with van der Waals surface area (Å²) in [5.41, 5.74) is 1.91. The Morgan fingerprint density at radius 3 is 2.12 bits per heavy atom. The molecule has 1 unspecified atom stereocenters. The lowest BCUT2D eigenvalue weighted by molar-refractivity contribution is -0.138. The second-order valence-electron chi connectivity index (χ2n) is 6.99. The van der Waals surface area contributed by atoms with Crippen LogP contribution in [0.15, 0.2) is 77.7 Å². The molecule has 0 saturated heterocycles. The molecule has 0 aliphatic heterocycles. The number of carbonyl (C=O) groups is 3. The lowest BCUT2D eigenvalue weighted by atomic mass is 10.1. The molecule has 3 N–H and O–H groups in total. The molecular formula is C24H20Cl2N2O4S. The Morgan fingerprint density at radius 1 is 0.818 bits per heavy atom. The van der Waals surface area contributed by atoms with E-state index >= 15 is 0 Å². The molecule has 0 aromatic heterocycles. The molecule has 170 valence electrons. The standard InChI is InChI=1S/C24H20Cl2N2O4S/c25-19-11-8-17(14-20(19)26)28-24(32)23(15-4-2-1-3-5-15)33-18-9-6-16(7-10-18)27-21(29)12-13-22(30)31/h1-11,14,23H,12-13H2,(H,27,29)(H,28,32)(H,30,31). The maximum atomic E-state index is 13.1. The van der Waals surface area contributed by atoms with Gasteiger partial charge in [0.2, 0.25) is 11.8 Å². The first kappa shape index (κ1) is 24.6. The maximum Gasteiger partial charge on any atom is 0.303 e. The van der Waals surface area contributed by atoms with Crippen LogP contribution in [0.3, 0.4) is 0 Å². The predicted molar refractivity (Wildman–Crippen MR) is 132 cm³/mol. The maximum absolute atomic E-state index is 13.1. The molecule has 9 heteroatoms. The third-order valence-electron chi connectivity index (χ3n) is 4.49. The summed E-state index contributed by atoms with van der Waals surface area (Å²) in [5.74, 6) is -1.63. The Kier molecular flexibility index (Phi) is 8.77. The molecule has 3 rings (SSSR count). The van der Waals surface area contributed by atoms with E-state index < -0.39 is 11.2 Å². The number of rotatable bonds is 9. The van der Waals surface area contributed by atoms with Crippen LogP contribution in [0.4, 0.5) is 11.4 Å². The number of aliphatic carboxylic acids is 1. The van der Waals surface area contributed by atoms with Crippen molar-refractivity contribution < 1.29 is 19.5 Å². The quantitative estimate of drug-likeness (QED) is 0.299. The molecule has 6 nitrogen and oxygen atoms in total. The summed E-state index contributed by atoms with van der Waals surface area (Å²) >= 11 is 13.4. The highest BCUT2D eigenvalue weighted by molar-refractivity contribution is 8.00. The van der Waals surface area contributed by atoms with Crippen LogP contribution < -0.4 is 10.6 Å². The predicted octanol–water partition coefficient (Wildman–Crippen LogP) is 6.27. The number of carboxylic acid groups (broad SMARTS) is 1. The molecule has 0 bridgehead atoms. The highest BCUT2D eigenvalue weighted by atomic mass is 35.5. The number of benzene rings is 3. The van der Waals surface area contributed by atoms with Gasteiger partial charge in [0.05, 0.1) is 16.5 Å². The average Bonchev–Trinajstić information content (AvgIpc) is 2.80. The summed E-state index contributed by atoms with van der Waals surface area (Å²) in [6.07, 6.45) is -0.330. The van der Waals surface area contributed by atoms with Crippen molar-refractivity contribution in [1.82, 2.24) is 0 Å². The van der Waals surface area contributed by atoms with Gasteiger partial charge in [-0.05, 0) is 48.0 Å². The average molecular weight is 503 g/mol. The van der Waals surface area contributed by atoms with E-state index in [1.807, 2.05) is 30.3 Å². The van der Waals surface area contributed by atoms with Gasteiger partial charge in [0.1, 0.15) is 5.25 Å². The van der Waals surface area contributed by atoms with Gasteiger partial charge in [-0.3, -0.25) is 14.4 Å². The van der Waals surface area contributed by atoms with Crippen LogP contribution in [0.2, 0.25) is 10.0 Å². The molecule has 1 atom stereocenters. The molecule has 0 saturated carbocycles. The minimum Gasteiger partial charge on any atom is -0.481 e. The summed E-state index contributed by atoms with van der Waals surface area (Å²) in [6.45, 7) is 0. The number of amides is 2. The zero-order valence-corrected chi connectivity index (χ0v) is 19.6. The molecular weight excluding hydrogens is 483 g/mol. The number of carbonyl (C=O) groups excluding carboxylic acids is 2. The summed E-state index contributed by atoms with van der Waals surface area (Å²) in [5, 5.41) is 14.4. The fourth-order valence-corrected chi connectivity index (χ4v) is 4.20. The molecule has 2 amide bonds. The fraction of sp³-hybridized carbons (Fsp3) is 0.125. The zero-order valence-electron chi connectivity index (χ0n) is 17.3. The molecule has 0 radical (unpaired) electrons. The minimum absolute atomic E-state index is 0.100. The first-order chi connectivity index (χ1) is 15.8. The number of hydrogen-bond acceptors (Lipinski definition) is 4. The number of hydrogen-bond donors (Lipinski definition) is 3.